The molecule has 1 N–H and O–H groups in total. The van der Waals surface area contributed by atoms with E-state index in [2.05, 4.69) is 9.78 Å². The van der Waals surface area contributed by atoms with Gasteiger partial charge < -0.3 is 9.84 Å². The Hall–Kier alpha value is -2.86. The summed E-state index contributed by atoms with van der Waals surface area (Å²) in [6.45, 7) is 4.40. The fraction of sp³-hybridized carbons (Fsp3) is 0.222. The van der Waals surface area contributed by atoms with Crippen molar-refractivity contribution in [3.05, 3.63) is 65.7 Å². The number of carboxylic acid groups (broad SMARTS) is 1. The predicted molar refractivity (Wildman–Crippen MR) is 88.1 cm³/mol. The minimum atomic E-state index is -0.959. The first kappa shape index (κ1) is 19.2. The summed E-state index contributed by atoms with van der Waals surface area (Å²) in [7, 11) is 0. The largest absolute Gasteiger partial charge is 0.493 e. The monoisotopic (exact) mass is 332 g/mol. The van der Waals surface area contributed by atoms with Gasteiger partial charge in [-0.1, -0.05) is 30.3 Å². The van der Waals surface area contributed by atoms with E-state index in [0.29, 0.717) is 24.5 Å². The SMILES string of the molecule is CCOOC(=O)c1ccccc1.CCOc1ccccc1C(=O)O. The molecule has 2 aromatic rings. The molecule has 0 saturated carbocycles. The molecule has 6 heteroatoms. The second kappa shape index (κ2) is 10.8. The molecule has 128 valence electrons. The van der Waals surface area contributed by atoms with Crippen molar-refractivity contribution in [2.75, 3.05) is 13.2 Å². The number of aromatic carboxylic acids is 1. The average Bonchev–Trinajstić information content (AvgIpc) is 2.61. The number of hydrogen-bond donors (Lipinski definition) is 1. The molecule has 0 unspecified atom stereocenters. The Morgan fingerprint density at radius 3 is 2.12 bits per heavy atom. The number of carbonyl (C=O) groups excluding carboxylic acids is 1. The van der Waals surface area contributed by atoms with Gasteiger partial charge in [0.25, 0.3) is 0 Å². The first-order chi connectivity index (χ1) is 11.6. The lowest BCUT2D eigenvalue weighted by Gasteiger charge is -2.05. The maximum absolute atomic E-state index is 11.1. The highest BCUT2D eigenvalue weighted by Crippen LogP contribution is 2.17. The van der Waals surface area contributed by atoms with Crippen molar-refractivity contribution in [3.8, 4) is 5.75 Å². The molecule has 0 spiro atoms. The zero-order valence-electron chi connectivity index (χ0n) is 13.6. The van der Waals surface area contributed by atoms with Gasteiger partial charge in [-0.05, 0) is 38.1 Å². The molecular weight excluding hydrogens is 312 g/mol. The van der Waals surface area contributed by atoms with Crippen LogP contribution in [0, 0.1) is 0 Å². The molecule has 0 radical (unpaired) electrons. The fourth-order valence-corrected chi connectivity index (χ4v) is 1.66. The molecule has 2 rings (SSSR count). The summed E-state index contributed by atoms with van der Waals surface area (Å²) < 4.78 is 5.12. The van der Waals surface area contributed by atoms with Crippen LogP contribution in [-0.2, 0) is 9.78 Å². The number of hydrogen-bond acceptors (Lipinski definition) is 5. The number of rotatable bonds is 6. The molecule has 0 aliphatic carbocycles. The predicted octanol–water partition coefficient (Wildman–Crippen LogP) is 3.58. The molecule has 0 atom stereocenters. The van der Waals surface area contributed by atoms with E-state index in [-0.39, 0.29) is 5.56 Å². The second-order valence-corrected chi connectivity index (χ2v) is 4.38. The van der Waals surface area contributed by atoms with Crippen LogP contribution >= 0.6 is 0 Å². The van der Waals surface area contributed by atoms with E-state index < -0.39 is 11.9 Å². The standard InChI is InChI=1S/2C9H10O3/c1-2-11-12-9(10)8-6-4-3-5-7-8;1-2-12-8-6-4-3-5-7(8)9(10)11/h3-7H,2H2,1H3;3-6H,2H2,1H3,(H,10,11). The summed E-state index contributed by atoms with van der Waals surface area (Å²) in [5.74, 6) is -0.996. The number of benzene rings is 2. The van der Waals surface area contributed by atoms with Crippen LogP contribution < -0.4 is 4.74 Å². The van der Waals surface area contributed by atoms with Gasteiger partial charge in [0.2, 0.25) is 0 Å². The molecule has 2 aromatic carbocycles. The number of para-hydroxylation sites is 1. The third-order valence-corrected chi connectivity index (χ3v) is 2.68. The lowest BCUT2D eigenvalue weighted by Crippen LogP contribution is -2.05. The van der Waals surface area contributed by atoms with E-state index in [0.717, 1.165) is 0 Å². The van der Waals surface area contributed by atoms with Crippen molar-refractivity contribution in [2.45, 2.75) is 13.8 Å². The molecule has 0 saturated heterocycles. The van der Waals surface area contributed by atoms with Gasteiger partial charge >= 0.3 is 11.9 Å². The number of carboxylic acids is 1. The topological polar surface area (TPSA) is 82.1 Å². The lowest BCUT2D eigenvalue weighted by molar-refractivity contribution is -0.236. The van der Waals surface area contributed by atoms with E-state index >= 15 is 0 Å². The average molecular weight is 332 g/mol. The van der Waals surface area contributed by atoms with E-state index in [1.165, 1.54) is 6.07 Å². The van der Waals surface area contributed by atoms with Crippen molar-refractivity contribution in [1.29, 1.82) is 0 Å². The van der Waals surface area contributed by atoms with Crippen LogP contribution in [0.5, 0.6) is 5.75 Å². The van der Waals surface area contributed by atoms with Crippen molar-refractivity contribution in [1.82, 2.24) is 0 Å². The Labute approximate surface area is 140 Å². The Balaban J connectivity index is 0.000000240. The Kier molecular flexibility index (Phi) is 8.63. The van der Waals surface area contributed by atoms with Gasteiger partial charge in [0.15, 0.2) is 0 Å². The molecule has 0 heterocycles. The van der Waals surface area contributed by atoms with Crippen molar-refractivity contribution < 1.29 is 29.2 Å². The maximum atomic E-state index is 11.1. The van der Waals surface area contributed by atoms with Crippen molar-refractivity contribution in [2.24, 2.45) is 0 Å². The molecule has 0 aromatic heterocycles. The van der Waals surface area contributed by atoms with Gasteiger partial charge in [0, 0.05) is 0 Å². The van der Waals surface area contributed by atoms with Crippen LogP contribution in [0.15, 0.2) is 54.6 Å². The van der Waals surface area contributed by atoms with Gasteiger partial charge in [0.1, 0.15) is 11.3 Å². The third-order valence-electron chi connectivity index (χ3n) is 2.68. The van der Waals surface area contributed by atoms with Crippen molar-refractivity contribution in [3.63, 3.8) is 0 Å². The normalized spacial score (nSPS) is 9.42. The van der Waals surface area contributed by atoms with E-state index in [9.17, 15) is 9.59 Å². The Morgan fingerprint density at radius 2 is 1.54 bits per heavy atom. The minimum Gasteiger partial charge on any atom is -0.493 e. The minimum absolute atomic E-state index is 0.208. The van der Waals surface area contributed by atoms with E-state index in [4.69, 9.17) is 9.84 Å². The second-order valence-electron chi connectivity index (χ2n) is 4.38. The molecule has 6 nitrogen and oxygen atoms in total. The zero-order chi connectivity index (χ0) is 17.8. The summed E-state index contributed by atoms with van der Waals surface area (Å²) in [6, 6.07) is 15.3. The summed E-state index contributed by atoms with van der Waals surface area (Å²) in [4.78, 5) is 30.6. The quantitative estimate of drug-likeness (QED) is 0.643. The van der Waals surface area contributed by atoms with Crippen LogP contribution in [0.4, 0.5) is 0 Å². The first-order valence-corrected chi connectivity index (χ1v) is 7.44. The van der Waals surface area contributed by atoms with Crippen LogP contribution in [0.2, 0.25) is 0 Å². The van der Waals surface area contributed by atoms with Crippen LogP contribution in [0.25, 0.3) is 0 Å². The number of carbonyl (C=O) groups is 2. The zero-order valence-corrected chi connectivity index (χ0v) is 13.6. The van der Waals surface area contributed by atoms with Gasteiger partial charge in [-0.15, -0.1) is 0 Å². The van der Waals surface area contributed by atoms with Gasteiger partial charge in [0.05, 0.1) is 18.8 Å². The summed E-state index contributed by atoms with van der Waals surface area (Å²) in [6.07, 6.45) is 0. The van der Waals surface area contributed by atoms with Gasteiger partial charge in [-0.25, -0.2) is 9.59 Å². The van der Waals surface area contributed by atoms with E-state index in [1.54, 1.807) is 49.4 Å². The molecule has 0 fully saturated rings. The summed E-state index contributed by atoms with van der Waals surface area (Å²) in [5.41, 5.74) is 0.699. The Morgan fingerprint density at radius 1 is 0.917 bits per heavy atom. The highest BCUT2D eigenvalue weighted by atomic mass is 17.2. The molecule has 0 aliphatic rings. The van der Waals surface area contributed by atoms with Crippen LogP contribution in [0.1, 0.15) is 34.6 Å². The highest BCUT2D eigenvalue weighted by molar-refractivity contribution is 5.90. The molecular formula is C18H20O6. The molecule has 0 bridgehead atoms. The van der Waals surface area contributed by atoms with Crippen LogP contribution in [-0.4, -0.2) is 30.3 Å². The lowest BCUT2D eigenvalue weighted by atomic mass is 10.2. The molecule has 24 heavy (non-hydrogen) atoms. The first-order valence-electron chi connectivity index (χ1n) is 7.44. The third kappa shape index (κ3) is 6.50. The summed E-state index contributed by atoms with van der Waals surface area (Å²) >= 11 is 0. The van der Waals surface area contributed by atoms with Gasteiger partial charge in [-0.2, -0.15) is 4.89 Å². The smallest absolute Gasteiger partial charge is 0.373 e. The van der Waals surface area contributed by atoms with Crippen LogP contribution in [0.3, 0.4) is 0 Å². The molecule has 0 aliphatic heterocycles. The fourth-order valence-electron chi connectivity index (χ4n) is 1.66. The maximum Gasteiger partial charge on any atom is 0.373 e. The number of ether oxygens (including phenoxy) is 1. The summed E-state index contributed by atoms with van der Waals surface area (Å²) in [5, 5.41) is 8.71. The highest BCUT2D eigenvalue weighted by Gasteiger charge is 2.08. The van der Waals surface area contributed by atoms with Gasteiger partial charge in [-0.3, -0.25) is 4.89 Å². The Bertz CT molecular complexity index is 639. The molecule has 0 amide bonds. The van der Waals surface area contributed by atoms with E-state index in [1.807, 2.05) is 13.0 Å². The van der Waals surface area contributed by atoms with Crippen molar-refractivity contribution >= 4 is 11.9 Å².